The predicted molar refractivity (Wildman–Crippen MR) is 54.0 cm³/mol. The second-order valence-corrected chi connectivity index (χ2v) is 3.34. The first-order valence-electron chi connectivity index (χ1n) is 4.36. The lowest BCUT2D eigenvalue weighted by Crippen LogP contribution is -1.87. The summed E-state index contributed by atoms with van der Waals surface area (Å²) in [5, 5.41) is 7.38. The Morgan fingerprint density at radius 3 is 2.87 bits per heavy atom. The predicted octanol–water partition coefficient (Wildman–Crippen LogP) is 2.92. The van der Waals surface area contributed by atoms with Gasteiger partial charge < -0.3 is 4.42 Å². The van der Waals surface area contributed by atoms with E-state index in [2.05, 4.69) is 10.2 Å². The molecule has 2 aromatic rings. The van der Waals surface area contributed by atoms with Crippen molar-refractivity contribution in [1.82, 2.24) is 10.2 Å². The van der Waals surface area contributed by atoms with Gasteiger partial charge in [-0.3, -0.25) is 0 Å². The monoisotopic (exact) mass is 226 g/mol. The van der Waals surface area contributed by atoms with Gasteiger partial charge in [0, 0.05) is 0 Å². The third kappa shape index (κ3) is 1.85. The lowest BCUT2D eigenvalue weighted by atomic mass is 10.1. The first-order valence-corrected chi connectivity index (χ1v) is 4.89. The Kier molecular flexibility index (Phi) is 2.68. The van der Waals surface area contributed by atoms with E-state index < -0.39 is 0 Å². The number of aromatic nitrogens is 2. The highest BCUT2D eigenvalue weighted by Crippen LogP contribution is 2.23. The van der Waals surface area contributed by atoms with Gasteiger partial charge in [-0.05, 0) is 18.6 Å². The molecule has 0 fully saturated rings. The van der Waals surface area contributed by atoms with Crippen molar-refractivity contribution in [3.05, 3.63) is 35.5 Å². The summed E-state index contributed by atoms with van der Waals surface area (Å²) in [5.74, 6) is 0.224. The average Bonchev–Trinajstić information content (AvgIpc) is 2.70. The molecule has 0 saturated heterocycles. The molecule has 0 saturated carbocycles. The van der Waals surface area contributed by atoms with Crippen LogP contribution in [0.25, 0.3) is 11.5 Å². The quantitative estimate of drug-likeness (QED) is 0.739. The molecule has 1 aromatic heterocycles. The summed E-state index contributed by atoms with van der Waals surface area (Å²) in [4.78, 5) is 0. The van der Waals surface area contributed by atoms with Gasteiger partial charge in [-0.25, -0.2) is 4.39 Å². The van der Waals surface area contributed by atoms with E-state index in [1.54, 1.807) is 25.1 Å². The minimum Gasteiger partial charge on any atom is -0.419 e. The second-order valence-electron chi connectivity index (χ2n) is 3.07. The smallest absolute Gasteiger partial charge is 0.250 e. The van der Waals surface area contributed by atoms with Gasteiger partial charge in [-0.2, -0.15) is 0 Å². The highest BCUT2D eigenvalue weighted by atomic mass is 35.5. The highest BCUT2D eigenvalue weighted by Gasteiger charge is 2.13. The Hall–Kier alpha value is -1.42. The first kappa shape index (κ1) is 10.1. The fraction of sp³-hybridized carbons (Fsp3) is 0.200. The summed E-state index contributed by atoms with van der Waals surface area (Å²) in [6, 6.07) is 5.00. The van der Waals surface area contributed by atoms with E-state index in [0.29, 0.717) is 11.1 Å². The Morgan fingerprint density at radius 1 is 1.40 bits per heavy atom. The highest BCUT2D eigenvalue weighted by molar-refractivity contribution is 6.16. The molecule has 5 heteroatoms. The zero-order valence-electron chi connectivity index (χ0n) is 8.00. The van der Waals surface area contributed by atoms with Crippen molar-refractivity contribution in [3.8, 4) is 11.5 Å². The Balaban J connectivity index is 2.49. The van der Waals surface area contributed by atoms with E-state index in [4.69, 9.17) is 16.0 Å². The second kappa shape index (κ2) is 3.98. The standard InChI is InChI=1S/C10H8ClFN2O/c1-6-3-2-4-7(9(6)12)10-14-13-8(5-11)15-10/h2-4H,5H2,1H3. The molecule has 0 amide bonds. The minimum atomic E-state index is -0.345. The number of hydrogen-bond acceptors (Lipinski definition) is 3. The van der Waals surface area contributed by atoms with E-state index in [9.17, 15) is 4.39 Å². The maximum Gasteiger partial charge on any atom is 0.250 e. The van der Waals surface area contributed by atoms with Crippen LogP contribution < -0.4 is 0 Å². The van der Waals surface area contributed by atoms with Crippen molar-refractivity contribution in [2.75, 3.05) is 0 Å². The van der Waals surface area contributed by atoms with Gasteiger partial charge >= 0.3 is 0 Å². The topological polar surface area (TPSA) is 38.9 Å². The van der Waals surface area contributed by atoms with Crippen LogP contribution in [-0.4, -0.2) is 10.2 Å². The number of nitrogens with zero attached hydrogens (tertiary/aromatic N) is 2. The molecule has 0 aliphatic heterocycles. The van der Waals surface area contributed by atoms with Crippen LogP contribution in [0.5, 0.6) is 0 Å². The van der Waals surface area contributed by atoms with Crippen LogP contribution in [0.15, 0.2) is 22.6 Å². The van der Waals surface area contributed by atoms with Crippen molar-refractivity contribution in [2.45, 2.75) is 12.8 Å². The van der Waals surface area contributed by atoms with Crippen LogP contribution in [0.3, 0.4) is 0 Å². The third-order valence-corrected chi connectivity index (χ3v) is 2.23. The fourth-order valence-electron chi connectivity index (χ4n) is 1.23. The molecular formula is C10H8ClFN2O. The van der Waals surface area contributed by atoms with E-state index >= 15 is 0 Å². The van der Waals surface area contributed by atoms with Crippen LogP contribution >= 0.6 is 11.6 Å². The lowest BCUT2D eigenvalue weighted by molar-refractivity contribution is 0.521. The molecule has 2 rings (SSSR count). The van der Waals surface area contributed by atoms with Gasteiger partial charge in [0.1, 0.15) is 11.7 Å². The first-order chi connectivity index (χ1) is 7.22. The molecule has 0 radical (unpaired) electrons. The molecule has 0 aliphatic rings. The van der Waals surface area contributed by atoms with Crippen molar-refractivity contribution < 1.29 is 8.81 Å². The summed E-state index contributed by atoms with van der Waals surface area (Å²) < 4.78 is 18.8. The molecule has 0 aliphatic carbocycles. The maximum atomic E-state index is 13.6. The summed E-state index contributed by atoms with van der Waals surface area (Å²) in [5.41, 5.74) is 0.844. The Labute approximate surface area is 90.9 Å². The molecule has 0 atom stereocenters. The van der Waals surface area contributed by atoms with Gasteiger partial charge in [0.05, 0.1) is 5.56 Å². The van der Waals surface area contributed by atoms with Gasteiger partial charge in [-0.15, -0.1) is 21.8 Å². The van der Waals surface area contributed by atoms with Crippen molar-refractivity contribution >= 4 is 11.6 Å². The number of alkyl halides is 1. The van der Waals surface area contributed by atoms with Gasteiger partial charge in [0.15, 0.2) is 0 Å². The third-order valence-electron chi connectivity index (χ3n) is 2.00. The van der Waals surface area contributed by atoms with Crippen LogP contribution in [0.4, 0.5) is 4.39 Å². The normalized spacial score (nSPS) is 10.6. The fourth-order valence-corrected chi connectivity index (χ4v) is 1.34. The molecule has 0 spiro atoms. The zero-order chi connectivity index (χ0) is 10.8. The van der Waals surface area contributed by atoms with E-state index in [1.807, 2.05) is 0 Å². The average molecular weight is 227 g/mol. The van der Waals surface area contributed by atoms with E-state index in [-0.39, 0.29) is 23.5 Å². The molecule has 3 nitrogen and oxygen atoms in total. The summed E-state index contributed by atoms with van der Waals surface area (Å²) >= 11 is 5.51. The molecule has 0 unspecified atom stereocenters. The van der Waals surface area contributed by atoms with Crippen LogP contribution in [0, 0.1) is 12.7 Å². The van der Waals surface area contributed by atoms with Gasteiger partial charge in [0.2, 0.25) is 5.89 Å². The van der Waals surface area contributed by atoms with Crippen molar-refractivity contribution in [2.24, 2.45) is 0 Å². The lowest BCUT2D eigenvalue weighted by Gasteiger charge is -1.99. The largest absolute Gasteiger partial charge is 0.419 e. The molecule has 0 N–H and O–H groups in total. The number of rotatable bonds is 2. The summed E-state index contributed by atoms with van der Waals surface area (Å²) in [7, 11) is 0. The molecule has 0 bridgehead atoms. The number of benzene rings is 1. The van der Waals surface area contributed by atoms with Crippen LogP contribution in [0.2, 0.25) is 0 Å². The Bertz CT molecular complexity index is 484. The molecule has 15 heavy (non-hydrogen) atoms. The zero-order valence-corrected chi connectivity index (χ0v) is 8.75. The number of aryl methyl sites for hydroxylation is 1. The molecule has 1 heterocycles. The van der Waals surface area contributed by atoms with Crippen molar-refractivity contribution in [1.29, 1.82) is 0 Å². The van der Waals surface area contributed by atoms with E-state index in [0.717, 1.165) is 0 Å². The van der Waals surface area contributed by atoms with Crippen LogP contribution in [0.1, 0.15) is 11.5 Å². The summed E-state index contributed by atoms with van der Waals surface area (Å²) in [6.07, 6.45) is 0. The van der Waals surface area contributed by atoms with Crippen molar-refractivity contribution in [3.63, 3.8) is 0 Å². The summed E-state index contributed by atoms with van der Waals surface area (Å²) in [6.45, 7) is 1.68. The number of hydrogen-bond donors (Lipinski definition) is 0. The molecular weight excluding hydrogens is 219 g/mol. The van der Waals surface area contributed by atoms with Gasteiger partial charge in [0.25, 0.3) is 5.89 Å². The number of halogens is 2. The molecule has 1 aromatic carbocycles. The minimum absolute atomic E-state index is 0.125. The maximum absolute atomic E-state index is 13.6. The van der Waals surface area contributed by atoms with Crippen LogP contribution in [-0.2, 0) is 5.88 Å². The molecule has 78 valence electrons. The Morgan fingerprint density at radius 2 is 2.20 bits per heavy atom. The van der Waals surface area contributed by atoms with E-state index in [1.165, 1.54) is 0 Å². The SMILES string of the molecule is Cc1cccc(-c2nnc(CCl)o2)c1F. The van der Waals surface area contributed by atoms with Gasteiger partial charge in [-0.1, -0.05) is 12.1 Å².